The summed E-state index contributed by atoms with van der Waals surface area (Å²) in [5.74, 6) is -1.39. The minimum absolute atomic E-state index is 0.173. The summed E-state index contributed by atoms with van der Waals surface area (Å²) in [6.07, 6.45) is 3.69. The fraction of sp³-hybridized carbons (Fsp3) is 0.360. The molecule has 0 saturated carbocycles. The number of nitrogens with one attached hydrogen (secondary N) is 2. The van der Waals surface area contributed by atoms with Crippen LogP contribution < -0.4 is 16.4 Å². The number of benzene rings is 2. The van der Waals surface area contributed by atoms with Crippen LogP contribution in [0.4, 0.5) is 5.69 Å². The lowest BCUT2D eigenvalue weighted by atomic mass is 9.98. The number of carbonyl (C=O) groups is 2. The molecule has 4 rings (SSSR count). The lowest BCUT2D eigenvalue weighted by Crippen LogP contribution is -2.42. The molecule has 0 radical (unpaired) electrons. The fourth-order valence-electron chi connectivity index (χ4n) is 4.44. The lowest BCUT2D eigenvalue weighted by molar-refractivity contribution is -0.139. The van der Waals surface area contributed by atoms with E-state index in [0.717, 1.165) is 35.9 Å². The first-order chi connectivity index (χ1) is 15.6. The van der Waals surface area contributed by atoms with Gasteiger partial charge in [-0.15, -0.1) is 0 Å². The zero-order chi connectivity index (χ0) is 22.5. The second kappa shape index (κ2) is 9.87. The van der Waals surface area contributed by atoms with E-state index in [1.54, 1.807) is 0 Å². The molecule has 1 aromatic heterocycles. The lowest BCUT2D eigenvalue weighted by Gasteiger charge is -2.28. The number of carbonyl (C=O) groups excluding carboxylic acids is 1. The standard InChI is InChI=1S/C25H30N4O3/c26-14-6-5-10-21(25(31)32)28-24(30)23-15-18-8-2-4-11-22(18)29(23)16-19-13-12-17-7-1-3-9-20(17)27-19/h1-4,7-9,11,15,19,21,27H,5-6,10,12-14,16,26H2,(H,28,30)(H,31,32)/t19?,21-/m0/s1. The number of aromatic nitrogens is 1. The van der Waals surface area contributed by atoms with Crippen molar-refractivity contribution < 1.29 is 14.7 Å². The van der Waals surface area contributed by atoms with Crippen molar-refractivity contribution in [2.75, 3.05) is 11.9 Å². The first kappa shape index (κ1) is 21.9. The summed E-state index contributed by atoms with van der Waals surface area (Å²) >= 11 is 0. The molecule has 0 aliphatic carbocycles. The van der Waals surface area contributed by atoms with Crippen LogP contribution in [0.15, 0.2) is 54.6 Å². The summed E-state index contributed by atoms with van der Waals surface area (Å²) in [5, 5.41) is 16.9. The van der Waals surface area contributed by atoms with Gasteiger partial charge in [-0.05, 0) is 62.4 Å². The highest BCUT2D eigenvalue weighted by atomic mass is 16.4. The molecule has 2 aromatic carbocycles. The van der Waals surface area contributed by atoms with Crippen molar-refractivity contribution in [3.63, 3.8) is 0 Å². The van der Waals surface area contributed by atoms with E-state index in [9.17, 15) is 14.7 Å². The molecule has 0 bridgehead atoms. The summed E-state index contributed by atoms with van der Waals surface area (Å²) in [6.45, 7) is 1.13. The Morgan fingerprint density at radius 2 is 1.94 bits per heavy atom. The highest BCUT2D eigenvalue weighted by Gasteiger charge is 2.25. The van der Waals surface area contributed by atoms with E-state index in [-0.39, 0.29) is 11.9 Å². The number of amides is 1. The molecule has 0 spiro atoms. The van der Waals surface area contributed by atoms with E-state index in [1.165, 1.54) is 5.56 Å². The van der Waals surface area contributed by atoms with E-state index in [0.29, 0.717) is 31.6 Å². The number of para-hydroxylation sites is 2. The quantitative estimate of drug-likeness (QED) is 0.386. The Bertz CT molecular complexity index is 1110. The van der Waals surface area contributed by atoms with Crippen molar-refractivity contribution >= 4 is 28.5 Å². The zero-order valence-electron chi connectivity index (χ0n) is 18.1. The van der Waals surface area contributed by atoms with E-state index in [2.05, 4.69) is 28.8 Å². The number of hydrogen-bond donors (Lipinski definition) is 4. The van der Waals surface area contributed by atoms with Crippen LogP contribution in [0, 0.1) is 0 Å². The maximum absolute atomic E-state index is 13.2. The van der Waals surface area contributed by atoms with Gasteiger partial charge in [-0.25, -0.2) is 4.79 Å². The van der Waals surface area contributed by atoms with Gasteiger partial charge in [-0.1, -0.05) is 36.4 Å². The maximum Gasteiger partial charge on any atom is 0.326 e. The molecule has 1 amide bonds. The van der Waals surface area contributed by atoms with E-state index in [1.807, 2.05) is 41.0 Å². The Labute approximate surface area is 187 Å². The summed E-state index contributed by atoms with van der Waals surface area (Å²) in [5.41, 5.74) is 9.41. The van der Waals surface area contributed by atoms with Crippen LogP contribution in [0.25, 0.3) is 10.9 Å². The molecule has 7 heteroatoms. The third kappa shape index (κ3) is 4.78. The molecule has 7 nitrogen and oxygen atoms in total. The Morgan fingerprint density at radius 1 is 1.16 bits per heavy atom. The molecule has 3 aromatic rings. The van der Waals surface area contributed by atoms with Crippen LogP contribution in [0.2, 0.25) is 0 Å². The topological polar surface area (TPSA) is 109 Å². The summed E-state index contributed by atoms with van der Waals surface area (Å²) in [4.78, 5) is 24.9. The van der Waals surface area contributed by atoms with E-state index < -0.39 is 12.0 Å². The normalized spacial score (nSPS) is 16.2. The average molecular weight is 435 g/mol. The molecule has 0 saturated heterocycles. The van der Waals surface area contributed by atoms with Crippen molar-refractivity contribution in [2.45, 2.75) is 50.7 Å². The van der Waals surface area contributed by atoms with Crippen molar-refractivity contribution in [3.8, 4) is 0 Å². The van der Waals surface area contributed by atoms with Crippen LogP contribution in [0.1, 0.15) is 41.7 Å². The van der Waals surface area contributed by atoms with Gasteiger partial charge in [0.05, 0.1) is 0 Å². The predicted molar refractivity (Wildman–Crippen MR) is 126 cm³/mol. The highest BCUT2D eigenvalue weighted by Crippen LogP contribution is 2.27. The van der Waals surface area contributed by atoms with Gasteiger partial charge in [-0.3, -0.25) is 4.79 Å². The largest absolute Gasteiger partial charge is 0.480 e. The third-order valence-electron chi connectivity index (χ3n) is 6.14. The van der Waals surface area contributed by atoms with Crippen molar-refractivity contribution in [3.05, 3.63) is 65.9 Å². The average Bonchev–Trinajstić information content (AvgIpc) is 3.17. The number of rotatable bonds is 9. The second-order valence-electron chi connectivity index (χ2n) is 8.38. The monoisotopic (exact) mass is 434 g/mol. The number of nitrogens with two attached hydrogens (primary N) is 1. The van der Waals surface area contributed by atoms with Gasteiger partial charge < -0.3 is 26.0 Å². The van der Waals surface area contributed by atoms with Gasteiger partial charge in [0.15, 0.2) is 0 Å². The predicted octanol–water partition coefficient (Wildman–Crippen LogP) is 3.38. The molecule has 5 N–H and O–H groups in total. The SMILES string of the molecule is NCCCC[C@H](NC(=O)c1cc2ccccc2n1CC1CCc2ccccc2N1)C(=O)O. The van der Waals surface area contributed by atoms with Crippen LogP contribution in [-0.4, -0.2) is 40.2 Å². The summed E-state index contributed by atoms with van der Waals surface area (Å²) < 4.78 is 2.01. The third-order valence-corrected chi connectivity index (χ3v) is 6.14. The molecule has 32 heavy (non-hydrogen) atoms. The smallest absolute Gasteiger partial charge is 0.326 e. The Morgan fingerprint density at radius 3 is 2.75 bits per heavy atom. The van der Waals surface area contributed by atoms with Gasteiger partial charge in [-0.2, -0.15) is 0 Å². The maximum atomic E-state index is 13.2. The minimum Gasteiger partial charge on any atom is -0.480 e. The Hall–Kier alpha value is -3.32. The van der Waals surface area contributed by atoms with Gasteiger partial charge in [0.1, 0.15) is 11.7 Å². The molecule has 0 fully saturated rings. The molecule has 1 unspecified atom stereocenters. The van der Waals surface area contributed by atoms with Gasteiger partial charge >= 0.3 is 5.97 Å². The summed E-state index contributed by atoms with van der Waals surface area (Å²) in [7, 11) is 0. The summed E-state index contributed by atoms with van der Waals surface area (Å²) in [6, 6.07) is 17.3. The number of aliphatic carboxylic acids is 1. The molecule has 2 heterocycles. The van der Waals surface area contributed by atoms with Crippen molar-refractivity contribution in [2.24, 2.45) is 5.73 Å². The van der Waals surface area contributed by atoms with E-state index >= 15 is 0 Å². The Kier molecular flexibility index (Phi) is 6.75. The number of carboxylic acids is 1. The number of carboxylic acid groups (broad SMARTS) is 1. The zero-order valence-corrected chi connectivity index (χ0v) is 18.1. The number of anilines is 1. The number of unbranched alkanes of at least 4 members (excludes halogenated alkanes) is 1. The van der Waals surface area contributed by atoms with E-state index in [4.69, 9.17) is 5.73 Å². The first-order valence-electron chi connectivity index (χ1n) is 11.2. The fourth-order valence-corrected chi connectivity index (χ4v) is 4.44. The number of nitrogens with zero attached hydrogens (tertiary/aromatic N) is 1. The second-order valence-corrected chi connectivity index (χ2v) is 8.38. The van der Waals surface area contributed by atoms with Crippen LogP contribution in [0.3, 0.4) is 0 Å². The number of fused-ring (bicyclic) bond motifs is 2. The van der Waals surface area contributed by atoms with Crippen LogP contribution in [-0.2, 0) is 17.8 Å². The molecule has 168 valence electrons. The van der Waals surface area contributed by atoms with Crippen molar-refractivity contribution in [1.29, 1.82) is 0 Å². The molecule has 1 aliphatic rings. The Balaban J connectivity index is 1.57. The van der Waals surface area contributed by atoms with Gasteiger partial charge in [0, 0.05) is 29.2 Å². The molecule has 2 atom stereocenters. The highest BCUT2D eigenvalue weighted by molar-refractivity contribution is 6.00. The number of hydrogen-bond acceptors (Lipinski definition) is 4. The number of aryl methyl sites for hydroxylation is 1. The molecular weight excluding hydrogens is 404 g/mol. The van der Waals surface area contributed by atoms with Crippen LogP contribution >= 0.6 is 0 Å². The first-order valence-corrected chi connectivity index (χ1v) is 11.2. The van der Waals surface area contributed by atoms with Gasteiger partial charge in [0.25, 0.3) is 5.91 Å². The van der Waals surface area contributed by atoms with Crippen molar-refractivity contribution in [1.82, 2.24) is 9.88 Å². The minimum atomic E-state index is -1.02. The molecule has 1 aliphatic heterocycles. The molecular formula is C25H30N4O3. The van der Waals surface area contributed by atoms with Crippen LogP contribution in [0.5, 0.6) is 0 Å². The van der Waals surface area contributed by atoms with Gasteiger partial charge in [0.2, 0.25) is 0 Å².